The van der Waals surface area contributed by atoms with Crippen molar-refractivity contribution in [3.63, 3.8) is 0 Å². The number of carbonyl (C=O) groups excluding carboxylic acids is 1. The molecule has 5 nitrogen and oxygen atoms in total. The first kappa shape index (κ1) is 16.7. The van der Waals surface area contributed by atoms with Crippen molar-refractivity contribution in [1.82, 2.24) is 5.32 Å². The van der Waals surface area contributed by atoms with Crippen molar-refractivity contribution in [2.45, 2.75) is 44.0 Å². The average Bonchev–Trinajstić information content (AvgIpc) is 3.24. The Morgan fingerprint density at radius 1 is 1.41 bits per heavy atom. The molecule has 1 aromatic rings. The Hall–Kier alpha value is -1.63. The molecule has 0 aliphatic heterocycles. The predicted molar refractivity (Wildman–Crippen MR) is 83.1 cm³/mol. The summed E-state index contributed by atoms with van der Waals surface area (Å²) in [5, 5.41) is 5.28. The molecule has 0 aromatic heterocycles. The summed E-state index contributed by atoms with van der Waals surface area (Å²) in [6, 6.07) is 2.86. The van der Waals surface area contributed by atoms with Crippen molar-refractivity contribution in [3.8, 4) is 0 Å². The van der Waals surface area contributed by atoms with Crippen molar-refractivity contribution in [3.05, 3.63) is 24.0 Å². The number of carbonyl (C=O) groups is 1. The van der Waals surface area contributed by atoms with Gasteiger partial charge in [0, 0.05) is 6.04 Å². The van der Waals surface area contributed by atoms with Crippen LogP contribution in [0, 0.1) is 11.7 Å². The van der Waals surface area contributed by atoms with Gasteiger partial charge in [-0.1, -0.05) is 19.8 Å². The SMILES string of the molecule is CCS(=O)(=O)c1cc(F)ccc1NC(=O)NC(C)CC1CC1. The fraction of sp³-hybridized carbons (Fsp3) is 0.533. The summed E-state index contributed by atoms with van der Waals surface area (Å²) in [6.45, 7) is 3.38. The average molecular weight is 328 g/mol. The zero-order chi connectivity index (χ0) is 16.3. The zero-order valence-corrected chi connectivity index (χ0v) is 13.5. The first-order valence-corrected chi connectivity index (χ1v) is 9.07. The Morgan fingerprint density at radius 3 is 2.68 bits per heavy atom. The summed E-state index contributed by atoms with van der Waals surface area (Å²) >= 11 is 0. The van der Waals surface area contributed by atoms with E-state index < -0.39 is 21.7 Å². The van der Waals surface area contributed by atoms with Gasteiger partial charge < -0.3 is 10.6 Å². The molecule has 1 fully saturated rings. The van der Waals surface area contributed by atoms with Gasteiger partial charge in [-0.15, -0.1) is 0 Å². The van der Waals surface area contributed by atoms with Gasteiger partial charge in [0.15, 0.2) is 9.84 Å². The van der Waals surface area contributed by atoms with E-state index in [-0.39, 0.29) is 22.4 Å². The standard InChI is InChI=1S/C15H21FN2O3S/c1-3-22(20,21)14-9-12(16)6-7-13(14)18-15(19)17-10(2)8-11-4-5-11/h6-7,9-11H,3-5,8H2,1-2H3,(H2,17,18,19). The molecule has 2 N–H and O–H groups in total. The van der Waals surface area contributed by atoms with E-state index in [1.807, 2.05) is 6.92 Å². The number of amides is 2. The minimum Gasteiger partial charge on any atom is -0.335 e. The first-order chi connectivity index (χ1) is 10.3. The van der Waals surface area contributed by atoms with Gasteiger partial charge in [0.25, 0.3) is 0 Å². The normalized spacial score (nSPS) is 16.1. The van der Waals surface area contributed by atoms with E-state index in [1.165, 1.54) is 25.8 Å². The Bertz CT molecular complexity index is 657. The van der Waals surface area contributed by atoms with Gasteiger partial charge in [0.2, 0.25) is 0 Å². The maximum Gasteiger partial charge on any atom is 0.319 e. The number of rotatable bonds is 6. The predicted octanol–water partition coefficient (Wildman–Crippen LogP) is 2.93. The van der Waals surface area contributed by atoms with E-state index >= 15 is 0 Å². The number of halogens is 1. The third-order valence-electron chi connectivity index (χ3n) is 3.67. The summed E-state index contributed by atoms with van der Waals surface area (Å²) < 4.78 is 37.3. The third-order valence-corrected chi connectivity index (χ3v) is 5.44. The first-order valence-electron chi connectivity index (χ1n) is 7.41. The van der Waals surface area contributed by atoms with Crippen LogP contribution in [0.2, 0.25) is 0 Å². The van der Waals surface area contributed by atoms with E-state index in [2.05, 4.69) is 10.6 Å². The van der Waals surface area contributed by atoms with Crippen molar-refractivity contribution in [2.24, 2.45) is 5.92 Å². The molecule has 7 heteroatoms. The molecule has 1 aromatic carbocycles. The van der Waals surface area contributed by atoms with Gasteiger partial charge in [0.05, 0.1) is 16.3 Å². The summed E-state index contributed by atoms with van der Waals surface area (Å²) in [5.74, 6) is -0.137. The maximum absolute atomic E-state index is 13.3. The Kier molecular flexibility index (Phi) is 5.05. The van der Waals surface area contributed by atoms with Crippen LogP contribution in [0.4, 0.5) is 14.9 Å². The van der Waals surface area contributed by atoms with E-state index in [1.54, 1.807) is 0 Å². The van der Waals surface area contributed by atoms with Crippen molar-refractivity contribution >= 4 is 21.6 Å². The zero-order valence-electron chi connectivity index (χ0n) is 12.7. The Labute approximate surface area is 130 Å². The molecule has 0 heterocycles. The molecule has 122 valence electrons. The van der Waals surface area contributed by atoms with E-state index in [4.69, 9.17) is 0 Å². The third kappa shape index (κ3) is 4.43. The highest BCUT2D eigenvalue weighted by atomic mass is 32.2. The van der Waals surface area contributed by atoms with Crippen LogP contribution >= 0.6 is 0 Å². The summed E-state index contributed by atoms with van der Waals surface area (Å²) in [4.78, 5) is 11.8. The molecule has 0 radical (unpaired) electrons. The minimum atomic E-state index is -3.62. The highest BCUT2D eigenvalue weighted by Gasteiger charge is 2.24. The van der Waals surface area contributed by atoms with Crippen LogP contribution in [0.25, 0.3) is 0 Å². The largest absolute Gasteiger partial charge is 0.335 e. The molecule has 22 heavy (non-hydrogen) atoms. The van der Waals surface area contributed by atoms with Crippen LogP contribution in [0.3, 0.4) is 0 Å². The molecule has 2 rings (SSSR count). The highest BCUT2D eigenvalue weighted by molar-refractivity contribution is 7.91. The smallest absolute Gasteiger partial charge is 0.319 e. The summed E-state index contributed by atoms with van der Waals surface area (Å²) in [6.07, 6.45) is 3.31. The molecule has 0 spiro atoms. The van der Waals surface area contributed by atoms with Crippen molar-refractivity contribution in [1.29, 1.82) is 0 Å². The van der Waals surface area contributed by atoms with Gasteiger partial charge >= 0.3 is 6.03 Å². The van der Waals surface area contributed by atoms with Crippen molar-refractivity contribution < 1.29 is 17.6 Å². The topological polar surface area (TPSA) is 75.3 Å². The van der Waals surface area contributed by atoms with Gasteiger partial charge in [-0.25, -0.2) is 17.6 Å². The Balaban J connectivity index is 2.09. The lowest BCUT2D eigenvalue weighted by atomic mass is 10.2. The number of urea groups is 1. The van der Waals surface area contributed by atoms with Gasteiger partial charge in [-0.05, 0) is 37.5 Å². The Morgan fingerprint density at radius 2 is 2.09 bits per heavy atom. The second-order valence-corrected chi connectivity index (χ2v) is 7.97. The number of hydrogen-bond donors (Lipinski definition) is 2. The van der Waals surface area contributed by atoms with Crippen LogP contribution in [0.1, 0.15) is 33.1 Å². The second-order valence-electron chi connectivity index (χ2n) is 5.72. The molecular formula is C15H21FN2O3S. The molecule has 1 unspecified atom stereocenters. The van der Waals surface area contributed by atoms with E-state index in [0.717, 1.165) is 18.6 Å². The van der Waals surface area contributed by atoms with Crippen molar-refractivity contribution in [2.75, 3.05) is 11.1 Å². The molecule has 1 aliphatic rings. The number of hydrogen-bond acceptors (Lipinski definition) is 3. The van der Waals surface area contributed by atoms with Crippen LogP contribution in [0.5, 0.6) is 0 Å². The summed E-state index contributed by atoms with van der Waals surface area (Å²) in [7, 11) is -3.62. The lowest BCUT2D eigenvalue weighted by Crippen LogP contribution is -2.36. The number of anilines is 1. The maximum atomic E-state index is 13.3. The van der Waals surface area contributed by atoms with E-state index in [0.29, 0.717) is 5.92 Å². The fourth-order valence-electron chi connectivity index (χ4n) is 2.31. The molecule has 1 saturated carbocycles. The summed E-state index contributed by atoms with van der Waals surface area (Å²) in [5.41, 5.74) is 0.0966. The van der Waals surface area contributed by atoms with Crippen LogP contribution in [-0.4, -0.2) is 26.2 Å². The monoisotopic (exact) mass is 328 g/mol. The number of nitrogens with one attached hydrogen (secondary N) is 2. The molecule has 2 amide bonds. The fourth-order valence-corrected chi connectivity index (χ4v) is 3.36. The lowest BCUT2D eigenvalue weighted by Gasteiger charge is -2.16. The molecular weight excluding hydrogens is 307 g/mol. The van der Waals surface area contributed by atoms with Crippen LogP contribution < -0.4 is 10.6 Å². The highest BCUT2D eigenvalue weighted by Crippen LogP contribution is 2.33. The molecule has 1 atom stereocenters. The minimum absolute atomic E-state index is 0.0131. The van der Waals surface area contributed by atoms with Gasteiger partial charge in [0.1, 0.15) is 5.82 Å². The molecule has 0 saturated heterocycles. The van der Waals surface area contributed by atoms with Gasteiger partial charge in [-0.2, -0.15) is 0 Å². The van der Waals surface area contributed by atoms with Crippen LogP contribution in [0.15, 0.2) is 23.1 Å². The molecule has 0 bridgehead atoms. The number of sulfone groups is 1. The van der Waals surface area contributed by atoms with Crippen LogP contribution in [-0.2, 0) is 9.84 Å². The lowest BCUT2D eigenvalue weighted by molar-refractivity contribution is 0.248. The quantitative estimate of drug-likeness (QED) is 0.843. The number of benzene rings is 1. The van der Waals surface area contributed by atoms with E-state index in [9.17, 15) is 17.6 Å². The molecule has 1 aliphatic carbocycles. The second kappa shape index (κ2) is 6.64. The van der Waals surface area contributed by atoms with Gasteiger partial charge in [-0.3, -0.25) is 0 Å².